The summed E-state index contributed by atoms with van der Waals surface area (Å²) < 4.78 is 0. The van der Waals surface area contributed by atoms with Crippen molar-refractivity contribution in [1.82, 2.24) is 0 Å². The summed E-state index contributed by atoms with van der Waals surface area (Å²) in [6.45, 7) is 8.87. The average molecular weight is 188 g/mol. The first-order valence-corrected chi connectivity index (χ1v) is 7.34. The monoisotopic (exact) mass is 188 g/mol. The van der Waals surface area contributed by atoms with Crippen LogP contribution in [0, 0.1) is 11.5 Å². The zero-order valence-electron chi connectivity index (χ0n) is 8.13. The van der Waals surface area contributed by atoms with Gasteiger partial charge in [-0.05, 0) is 0 Å². The van der Waals surface area contributed by atoms with Crippen LogP contribution in [0.2, 0.25) is 19.6 Å². The van der Waals surface area contributed by atoms with Crippen molar-refractivity contribution in [2.75, 3.05) is 0 Å². The Balaban J connectivity index is 0. The lowest BCUT2D eigenvalue weighted by Crippen LogP contribution is -2.16. The zero-order chi connectivity index (χ0) is 10.2. The van der Waals surface area contributed by atoms with E-state index in [9.17, 15) is 0 Å². The zero-order valence-corrected chi connectivity index (χ0v) is 9.13. The molecule has 3 nitrogen and oxygen atoms in total. The van der Waals surface area contributed by atoms with Crippen LogP contribution in [0.1, 0.15) is 13.3 Å². The quantitative estimate of drug-likeness (QED) is 0.376. The molecule has 0 radical (unpaired) electrons. The third-order valence-electron chi connectivity index (χ3n) is 0.640. The molecule has 0 saturated carbocycles. The first-order chi connectivity index (χ1) is 5.29. The Kier molecular flexibility index (Phi) is 8.76. The third-order valence-corrected chi connectivity index (χ3v) is 1.57. The van der Waals surface area contributed by atoms with E-state index in [2.05, 4.69) is 38.0 Å². The van der Waals surface area contributed by atoms with Crippen LogP contribution < -0.4 is 0 Å². The molecule has 0 unspecified atom stereocenters. The Morgan fingerprint density at radius 2 is 1.50 bits per heavy atom. The van der Waals surface area contributed by atoms with Crippen molar-refractivity contribution in [3.63, 3.8) is 0 Å². The van der Waals surface area contributed by atoms with Crippen LogP contribution in [0.25, 0.3) is 0 Å². The molecule has 12 heavy (non-hydrogen) atoms. The molecule has 0 atom stereocenters. The molecule has 0 bridgehead atoms. The predicted octanol–water partition coefficient (Wildman–Crippen LogP) is 0.225. The summed E-state index contributed by atoms with van der Waals surface area (Å²) in [5.74, 6) is 3.10. The lowest BCUT2D eigenvalue weighted by Gasteiger charge is -2.02. The second kappa shape index (κ2) is 7.38. The molecule has 0 aromatic heterocycles. The third kappa shape index (κ3) is 33.2. The molecular formula is C7H17BO3Si. The highest BCUT2D eigenvalue weighted by atomic mass is 28.3. The fourth-order valence-corrected chi connectivity index (χ4v) is 1.06. The van der Waals surface area contributed by atoms with Gasteiger partial charge in [0.15, 0.2) is 0 Å². The van der Waals surface area contributed by atoms with E-state index in [1.807, 2.05) is 0 Å². The molecule has 0 aliphatic rings. The van der Waals surface area contributed by atoms with Crippen molar-refractivity contribution in [3.05, 3.63) is 0 Å². The van der Waals surface area contributed by atoms with Gasteiger partial charge in [-0.25, -0.2) is 0 Å². The molecule has 70 valence electrons. The minimum Gasteiger partial charge on any atom is -0.402 e. The van der Waals surface area contributed by atoms with Gasteiger partial charge >= 0.3 is 7.32 Å². The van der Waals surface area contributed by atoms with Crippen molar-refractivity contribution in [2.24, 2.45) is 0 Å². The van der Waals surface area contributed by atoms with Crippen LogP contribution in [0.5, 0.6) is 0 Å². The molecule has 0 aromatic rings. The lowest BCUT2D eigenvalue weighted by molar-refractivity contribution is 0.278. The molecule has 0 aromatic carbocycles. The molecular weight excluding hydrogens is 171 g/mol. The normalized spacial score (nSPS) is 8.92. The molecule has 0 heterocycles. The van der Waals surface area contributed by atoms with Gasteiger partial charge in [-0.1, -0.05) is 26.6 Å². The van der Waals surface area contributed by atoms with E-state index in [4.69, 9.17) is 15.1 Å². The van der Waals surface area contributed by atoms with Gasteiger partial charge in [-0.15, -0.1) is 11.5 Å². The minimum atomic E-state index is -2.17. The standard InChI is InChI=1S/C7H14Si.BH3O3/c1-5-6-7-8(2,3)4;2-1(3)4/h5H2,1-4H3;2-4H. The molecule has 0 fully saturated rings. The van der Waals surface area contributed by atoms with Crippen LogP contribution in [0.15, 0.2) is 0 Å². The molecule has 3 N–H and O–H groups in total. The maximum Gasteiger partial charge on any atom is 0.631 e. The molecule has 0 rings (SSSR count). The maximum absolute atomic E-state index is 7.17. The predicted molar refractivity (Wildman–Crippen MR) is 53.8 cm³/mol. The number of rotatable bonds is 0. The Morgan fingerprint density at radius 3 is 1.58 bits per heavy atom. The second-order valence-corrected chi connectivity index (χ2v) is 8.00. The van der Waals surface area contributed by atoms with Gasteiger partial charge in [0, 0.05) is 6.42 Å². The van der Waals surface area contributed by atoms with Crippen LogP contribution in [0.3, 0.4) is 0 Å². The van der Waals surface area contributed by atoms with E-state index < -0.39 is 15.4 Å². The first-order valence-electron chi connectivity index (χ1n) is 3.84. The Labute approximate surface area is 75.6 Å². The van der Waals surface area contributed by atoms with Gasteiger partial charge in [-0.2, -0.15) is 0 Å². The van der Waals surface area contributed by atoms with Crippen molar-refractivity contribution in [2.45, 2.75) is 33.0 Å². The molecule has 0 aliphatic carbocycles. The average Bonchev–Trinajstić information content (AvgIpc) is 1.80. The van der Waals surface area contributed by atoms with Crippen molar-refractivity contribution < 1.29 is 15.1 Å². The topological polar surface area (TPSA) is 60.7 Å². The molecule has 0 spiro atoms. The smallest absolute Gasteiger partial charge is 0.402 e. The van der Waals surface area contributed by atoms with Crippen LogP contribution in [0.4, 0.5) is 0 Å². The Hall–Kier alpha value is -0.278. The highest BCUT2D eigenvalue weighted by Gasteiger charge is 2.06. The van der Waals surface area contributed by atoms with Crippen LogP contribution >= 0.6 is 0 Å². The van der Waals surface area contributed by atoms with E-state index in [-0.39, 0.29) is 0 Å². The van der Waals surface area contributed by atoms with Gasteiger partial charge in [0.2, 0.25) is 0 Å². The van der Waals surface area contributed by atoms with Gasteiger partial charge in [0.1, 0.15) is 8.07 Å². The fraction of sp³-hybridized carbons (Fsp3) is 0.714. The molecule has 0 amide bonds. The summed E-state index contributed by atoms with van der Waals surface area (Å²) in [6.07, 6.45) is 1.00. The van der Waals surface area contributed by atoms with Gasteiger partial charge in [-0.3, -0.25) is 0 Å². The second-order valence-electron chi connectivity index (χ2n) is 3.25. The summed E-state index contributed by atoms with van der Waals surface area (Å²) in [6, 6.07) is 0. The summed E-state index contributed by atoms with van der Waals surface area (Å²) >= 11 is 0. The minimum absolute atomic E-state index is 1.00. The Bertz CT molecular complexity index is 152. The Morgan fingerprint density at radius 1 is 1.17 bits per heavy atom. The number of hydrogen-bond donors (Lipinski definition) is 3. The highest BCUT2D eigenvalue weighted by Crippen LogP contribution is 1.95. The highest BCUT2D eigenvalue weighted by molar-refractivity contribution is 6.83. The van der Waals surface area contributed by atoms with E-state index in [1.54, 1.807) is 0 Å². The molecule has 0 aliphatic heterocycles. The van der Waals surface area contributed by atoms with Crippen molar-refractivity contribution in [1.29, 1.82) is 0 Å². The lowest BCUT2D eigenvalue weighted by atomic mass is 10.3. The summed E-state index contributed by atoms with van der Waals surface area (Å²) in [7, 11) is -3.21. The van der Waals surface area contributed by atoms with Gasteiger partial charge in [0.25, 0.3) is 0 Å². The van der Waals surface area contributed by atoms with Gasteiger partial charge in [0.05, 0.1) is 0 Å². The summed E-state index contributed by atoms with van der Waals surface area (Å²) in [5, 5.41) is 21.5. The fourth-order valence-electron chi connectivity index (χ4n) is 0.354. The van der Waals surface area contributed by atoms with E-state index in [0.29, 0.717) is 0 Å². The molecule has 5 heteroatoms. The van der Waals surface area contributed by atoms with Crippen molar-refractivity contribution >= 4 is 15.4 Å². The maximum atomic E-state index is 7.17. The summed E-state index contributed by atoms with van der Waals surface area (Å²) in [4.78, 5) is 0. The van der Waals surface area contributed by atoms with E-state index in [0.717, 1.165) is 6.42 Å². The largest absolute Gasteiger partial charge is 0.631 e. The van der Waals surface area contributed by atoms with Crippen LogP contribution in [-0.4, -0.2) is 30.5 Å². The summed E-state index contributed by atoms with van der Waals surface area (Å²) in [5.41, 5.74) is 3.26. The SMILES string of the molecule is CCC#C[Si](C)(C)C.OB(O)O. The van der Waals surface area contributed by atoms with Crippen molar-refractivity contribution in [3.8, 4) is 11.5 Å². The number of hydrogen-bond acceptors (Lipinski definition) is 3. The van der Waals surface area contributed by atoms with E-state index >= 15 is 0 Å². The van der Waals surface area contributed by atoms with Gasteiger partial charge < -0.3 is 15.1 Å². The molecule has 0 saturated heterocycles. The van der Waals surface area contributed by atoms with E-state index in [1.165, 1.54) is 0 Å². The van der Waals surface area contributed by atoms with Crippen LogP contribution in [-0.2, 0) is 0 Å². The first kappa shape index (κ1) is 14.3.